The van der Waals surface area contributed by atoms with Crippen molar-refractivity contribution in [2.45, 2.75) is 25.3 Å². The van der Waals surface area contributed by atoms with Crippen LogP contribution in [-0.4, -0.2) is 49.6 Å². The Balaban J connectivity index is 1.37. The topological polar surface area (TPSA) is 81.0 Å². The first-order chi connectivity index (χ1) is 13.2. The van der Waals surface area contributed by atoms with E-state index in [-0.39, 0.29) is 30.9 Å². The van der Waals surface area contributed by atoms with Crippen molar-refractivity contribution in [1.29, 1.82) is 0 Å². The van der Waals surface area contributed by atoms with E-state index in [4.69, 9.17) is 13.9 Å². The van der Waals surface area contributed by atoms with Crippen LogP contribution in [0.2, 0.25) is 0 Å². The maximum absolute atomic E-state index is 12.3. The Morgan fingerprint density at radius 3 is 2.59 bits per heavy atom. The number of amides is 2. The minimum absolute atomic E-state index is 0.0289. The Labute approximate surface area is 158 Å². The highest BCUT2D eigenvalue weighted by atomic mass is 16.5. The summed E-state index contributed by atoms with van der Waals surface area (Å²) in [5.74, 6) is 1.19. The van der Waals surface area contributed by atoms with Crippen LogP contribution in [0.5, 0.6) is 11.5 Å². The number of benzene rings is 1. The van der Waals surface area contributed by atoms with E-state index in [0.717, 1.165) is 12.8 Å². The van der Waals surface area contributed by atoms with Crippen molar-refractivity contribution in [1.82, 2.24) is 10.2 Å². The number of carbonyl (C=O) groups is 2. The third-order valence-corrected chi connectivity index (χ3v) is 4.57. The summed E-state index contributed by atoms with van der Waals surface area (Å²) in [6.45, 7) is 1.52. The first-order valence-electron chi connectivity index (χ1n) is 9.04. The van der Waals surface area contributed by atoms with Gasteiger partial charge in [0.1, 0.15) is 6.26 Å². The molecule has 0 radical (unpaired) electrons. The van der Waals surface area contributed by atoms with Gasteiger partial charge in [-0.1, -0.05) is 12.1 Å². The molecule has 0 saturated carbocycles. The quantitative estimate of drug-likeness (QED) is 0.808. The van der Waals surface area contributed by atoms with E-state index in [0.29, 0.717) is 30.2 Å². The van der Waals surface area contributed by atoms with E-state index in [2.05, 4.69) is 5.32 Å². The van der Waals surface area contributed by atoms with Crippen LogP contribution in [0, 0.1) is 0 Å². The summed E-state index contributed by atoms with van der Waals surface area (Å²) in [7, 11) is 1.58. The molecule has 2 aromatic rings. The van der Waals surface area contributed by atoms with Crippen molar-refractivity contribution in [3.05, 3.63) is 48.4 Å². The third-order valence-electron chi connectivity index (χ3n) is 4.57. The molecule has 0 spiro atoms. The second kappa shape index (κ2) is 9.12. The van der Waals surface area contributed by atoms with Crippen molar-refractivity contribution in [2.75, 3.05) is 26.8 Å². The van der Waals surface area contributed by atoms with Crippen LogP contribution >= 0.6 is 0 Å². The van der Waals surface area contributed by atoms with Crippen molar-refractivity contribution >= 4 is 11.8 Å². The standard InChI is InChI=1S/C20H24N2O5/c1-25-17-4-2-3-5-18(17)27-13-9-19(23)21-16-6-10-22(11-7-16)20(24)15-8-12-26-14-15/h2-5,8,12,14,16H,6-7,9-11,13H2,1H3,(H,21,23). The molecular formula is C20H24N2O5. The molecule has 1 aliphatic heterocycles. The van der Waals surface area contributed by atoms with E-state index in [1.165, 1.54) is 12.5 Å². The largest absolute Gasteiger partial charge is 0.493 e. The highest BCUT2D eigenvalue weighted by Gasteiger charge is 2.25. The number of rotatable bonds is 7. The number of para-hydroxylation sites is 2. The summed E-state index contributed by atoms with van der Waals surface area (Å²) in [5.41, 5.74) is 0.561. The van der Waals surface area contributed by atoms with Gasteiger partial charge in [-0.25, -0.2) is 0 Å². The van der Waals surface area contributed by atoms with Crippen LogP contribution in [0.1, 0.15) is 29.6 Å². The minimum Gasteiger partial charge on any atom is -0.493 e. The Hall–Kier alpha value is -2.96. The number of nitrogens with one attached hydrogen (secondary N) is 1. The lowest BCUT2D eigenvalue weighted by Gasteiger charge is -2.32. The van der Waals surface area contributed by atoms with Gasteiger partial charge in [0.25, 0.3) is 5.91 Å². The molecule has 2 amide bonds. The Morgan fingerprint density at radius 2 is 1.93 bits per heavy atom. The van der Waals surface area contributed by atoms with Gasteiger partial charge in [0, 0.05) is 19.1 Å². The molecule has 1 N–H and O–H groups in total. The molecule has 7 nitrogen and oxygen atoms in total. The molecule has 144 valence electrons. The zero-order chi connectivity index (χ0) is 19.1. The Morgan fingerprint density at radius 1 is 1.19 bits per heavy atom. The van der Waals surface area contributed by atoms with Crippen LogP contribution < -0.4 is 14.8 Å². The van der Waals surface area contributed by atoms with Gasteiger partial charge in [-0.2, -0.15) is 0 Å². The normalized spacial score (nSPS) is 14.6. The first kappa shape index (κ1) is 18.8. The predicted molar refractivity (Wildman–Crippen MR) is 98.9 cm³/mol. The van der Waals surface area contributed by atoms with Crippen LogP contribution in [0.3, 0.4) is 0 Å². The number of hydrogen-bond acceptors (Lipinski definition) is 5. The van der Waals surface area contributed by atoms with Gasteiger partial charge < -0.3 is 24.1 Å². The van der Waals surface area contributed by atoms with Gasteiger partial charge in [0.2, 0.25) is 5.91 Å². The molecule has 7 heteroatoms. The molecule has 0 atom stereocenters. The Kier molecular flexibility index (Phi) is 6.35. The number of furan rings is 1. The second-order valence-corrected chi connectivity index (χ2v) is 6.40. The maximum Gasteiger partial charge on any atom is 0.257 e. The number of hydrogen-bond donors (Lipinski definition) is 1. The number of carbonyl (C=O) groups excluding carboxylic acids is 2. The van der Waals surface area contributed by atoms with Crippen LogP contribution in [-0.2, 0) is 4.79 Å². The van der Waals surface area contributed by atoms with E-state index < -0.39 is 0 Å². The molecule has 1 aromatic carbocycles. The number of nitrogens with zero attached hydrogens (tertiary/aromatic N) is 1. The van der Waals surface area contributed by atoms with E-state index in [9.17, 15) is 9.59 Å². The van der Waals surface area contributed by atoms with Gasteiger partial charge in [0.15, 0.2) is 11.5 Å². The molecule has 1 aromatic heterocycles. The molecule has 0 aliphatic carbocycles. The Bertz CT molecular complexity index is 751. The minimum atomic E-state index is -0.0514. The first-order valence-corrected chi connectivity index (χ1v) is 9.04. The average molecular weight is 372 g/mol. The van der Waals surface area contributed by atoms with E-state index in [1.54, 1.807) is 18.1 Å². The highest BCUT2D eigenvalue weighted by Crippen LogP contribution is 2.25. The fourth-order valence-electron chi connectivity index (χ4n) is 3.09. The van der Waals surface area contributed by atoms with Gasteiger partial charge >= 0.3 is 0 Å². The number of piperidine rings is 1. The SMILES string of the molecule is COc1ccccc1OCCC(=O)NC1CCN(C(=O)c2ccoc2)CC1. The van der Waals surface area contributed by atoms with E-state index in [1.807, 2.05) is 24.3 Å². The highest BCUT2D eigenvalue weighted by molar-refractivity contribution is 5.93. The van der Waals surface area contributed by atoms with Crippen molar-refractivity contribution in [3.63, 3.8) is 0 Å². The van der Waals surface area contributed by atoms with Crippen molar-refractivity contribution < 1.29 is 23.5 Å². The molecule has 1 fully saturated rings. The van der Waals surface area contributed by atoms with Crippen molar-refractivity contribution in [3.8, 4) is 11.5 Å². The summed E-state index contributed by atoms with van der Waals surface area (Å²) in [6, 6.07) is 9.09. The zero-order valence-corrected chi connectivity index (χ0v) is 15.3. The van der Waals surface area contributed by atoms with Gasteiger partial charge in [-0.05, 0) is 31.0 Å². The molecule has 0 bridgehead atoms. The molecule has 1 aliphatic rings. The van der Waals surface area contributed by atoms with Crippen LogP contribution in [0.25, 0.3) is 0 Å². The lowest BCUT2D eigenvalue weighted by atomic mass is 10.0. The summed E-state index contributed by atoms with van der Waals surface area (Å²) in [5, 5.41) is 3.02. The fraction of sp³-hybridized carbons (Fsp3) is 0.400. The number of likely N-dealkylation sites (tertiary alicyclic amines) is 1. The molecule has 2 heterocycles. The second-order valence-electron chi connectivity index (χ2n) is 6.40. The lowest BCUT2D eigenvalue weighted by molar-refractivity contribution is -0.122. The fourth-order valence-corrected chi connectivity index (χ4v) is 3.09. The summed E-state index contributed by atoms with van der Waals surface area (Å²) >= 11 is 0. The number of ether oxygens (including phenoxy) is 2. The molecule has 0 unspecified atom stereocenters. The lowest BCUT2D eigenvalue weighted by Crippen LogP contribution is -2.46. The summed E-state index contributed by atoms with van der Waals surface area (Å²) in [6.07, 6.45) is 4.70. The van der Waals surface area contributed by atoms with Crippen LogP contribution in [0.15, 0.2) is 47.3 Å². The predicted octanol–water partition coefficient (Wildman–Crippen LogP) is 2.48. The molecule has 1 saturated heterocycles. The van der Waals surface area contributed by atoms with Gasteiger partial charge in [-0.15, -0.1) is 0 Å². The zero-order valence-electron chi connectivity index (χ0n) is 15.3. The maximum atomic E-state index is 12.3. The monoisotopic (exact) mass is 372 g/mol. The third kappa shape index (κ3) is 5.03. The average Bonchev–Trinajstić information content (AvgIpc) is 3.23. The molecular weight excluding hydrogens is 348 g/mol. The molecule has 3 rings (SSSR count). The van der Waals surface area contributed by atoms with E-state index >= 15 is 0 Å². The smallest absolute Gasteiger partial charge is 0.257 e. The van der Waals surface area contributed by atoms with Crippen LogP contribution in [0.4, 0.5) is 0 Å². The molecule has 27 heavy (non-hydrogen) atoms. The van der Waals surface area contributed by atoms with Gasteiger partial charge in [-0.3, -0.25) is 9.59 Å². The van der Waals surface area contributed by atoms with Crippen molar-refractivity contribution in [2.24, 2.45) is 0 Å². The summed E-state index contributed by atoms with van der Waals surface area (Å²) in [4.78, 5) is 26.2. The number of methoxy groups -OCH3 is 1. The van der Waals surface area contributed by atoms with Gasteiger partial charge in [0.05, 0.1) is 32.0 Å². The summed E-state index contributed by atoms with van der Waals surface area (Å²) < 4.78 is 15.8.